The molecular formula is C18H24O3. The molecule has 0 aromatic heterocycles. The molecule has 1 saturated carbocycles. The zero-order valence-corrected chi connectivity index (χ0v) is 13.1. The number of hydrogen-bond donors (Lipinski definition) is 0. The van der Waals surface area contributed by atoms with Gasteiger partial charge in [-0.05, 0) is 55.5 Å². The van der Waals surface area contributed by atoms with Gasteiger partial charge in [0.2, 0.25) is 0 Å². The molecule has 114 valence electrons. The van der Waals surface area contributed by atoms with Gasteiger partial charge in [0.1, 0.15) is 17.3 Å². The number of hydrogen-bond acceptors (Lipinski definition) is 3. The van der Waals surface area contributed by atoms with Crippen LogP contribution in [0.3, 0.4) is 0 Å². The van der Waals surface area contributed by atoms with E-state index in [0.717, 1.165) is 30.1 Å². The summed E-state index contributed by atoms with van der Waals surface area (Å²) in [6.07, 6.45) is 7.28. The van der Waals surface area contributed by atoms with Crippen LogP contribution in [0.5, 0.6) is 11.5 Å². The fraction of sp³-hybridized carbons (Fsp3) is 0.556. The molecule has 21 heavy (non-hydrogen) atoms. The fourth-order valence-electron chi connectivity index (χ4n) is 3.12. The molecule has 0 spiro atoms. The predicted octanol–water partition coefficient (Wildman–Crippen LogP) is 4.33. The van der Waals surface area contributed by atoms with Crippen molar-refractivity contribution in [2.24, 2.45) is 5.92 Å². The number of rotatable bonds is 5. The highest BCUT2D eigenvalue weighted by molar-refractivity contribution is 5.35. The van der Waals surface area contributed by atoms with Gasteiger partial charge in [-0.15, -0.1) is 0 Å². The summed E-state index contributed by atoms with van der Waals surface area (Å²) >= 11 is 0. The van der Waals surface area contributed by atoms with Crippen molar-refractivity contribution in [2.75, 3.05) is 7.11 Å². The second-order valence-corrected chi connectivity index (χ2v) is 6.29. The number of methoxy groups -OCH3 is 1. The van der Waals surface area contributed by atoms with Gasteiger partial charge in [-0.3, -0.25) is 0 Å². The van der Waals surface area contributed by atoms with E-state index in [2.05, 4.69) is 19.9 Å². The van der Waals surface area contributed by atoms with Crippen LogP contribution in [0.4, 0.5) is 0 Å². The van der Waals surface area contributed by atoms with E-state index in [-0.39, 0.29) is 5.60 Å². The normalized spacial score (nSPS) is 28.2. The third-order valence-corrected chi connectivity index (χ3v) is 4.27. The van der Waals surface area contributed by atoms with Gasteiger partial charge in [0.05, 0.1) is 13.2 Å². The lowest BCUT2D eigenvalue weighted by atomic mass is 9.86. The van der Waals surface area contributed by atoms with E-state index in [1.807, 2.05) is 24.3 Å². The average Bonchev–Trinajstić information content (AvgIpc) is 3.23. The summed E-state index contributed by atoms with van der Waals surface area (Å²) in [6, 6.07) is 7.74. The molecule has 1 aliphatic carbocycles. The van der Waals surface area contributed by atoms with Crippen LogP contribution in [-0.4, -0.2) is 18.8 Å². The van der Waals surface area contributed by atoms with Gasteiger partial charge in [-0.25, -0.2) is 0 Å². The average molecular weight is 288 g/mol. The maximum absolute atomic E-state index is 6.19. The minimum atomic E-state index is -0.150. The van der Waals surface area contributed by atoms with Gasteiger partial charge < -0.3 is 14.2 Å². The topological polar surface area (TPSA) is 31.0 Å². The molecule has 3 rings (SSSR count). The first-order chi connectivity index (χ1) is 10.1. The minimum Gasteiger partial charge on any atom is -0.497 e. The number of allylic oxidation sites excluding steroid dienone is 1. The largest absolute Gasteiger partial charge is 0.497 e. The van der Waals surface area contributed by atoms with Crippen LogP contribution < -0.4 is 9.47 Å². The van der Waals surface area contributed by atoms with E-state index in [1.165, 1.54) is 12.8 Å². The lowest BCUT2D eigenvalue weighted by Crippen LogP contribution is -2.26. The molecule has 0 bridgehead atoms. The van der Waals surface area contributed by atoms with E-state index in [1.54, 1.807) is 7.11 Å². The number of ether oxygens (including phenoxy) is 3. The van der Waals surface area contributed by atoms with E-state index < -0.39 is 0 Å². The highest BCUT2D eigenvalue weighted by Gasteiger charge is 2.61. The zero-order valence-electron chi connectivity index (χ0n) is 13.1. The highest BCUT2D eigenvalue weighted by atomic mass is 16.6. The first-order valence-electron chi connectivity index (χ1n) is 7.86. The summed E-state index contributed by atoms with van der Waals surface area (Å²) < 4.78 is 17.4. The molecule has 0 unspecified atom stereocenters. The van der Waals surface area contributed by atoms with Crippen molar-refractivity contribution >= 4 is 0 Å². The van der Waals surface area contributed by atoms with Gasteiger partial charge in [-0.2, -0.15) is 0 Å². The predicted molar refractivity (Wildman–Crippen MR) is 82.6 cm³/mol. The molecule has 1 aliphatic heterocycles. The van der Waals surface area contributed by atoms with Crippen molar-refractivity contribution in [3.05, 3.63) is 36.1 Å². The summed E-state index contributed by atoms with van der Waals surface area (Å²) in [5.41, 5.74) is -0.150. The van der Waals surface area contributed by atoms with Crippen LogP contribution in [0.2, 0.25) is 0 Å². The molecule has 1 saturated heterocycles. The Hall–Kier alpha value is -1.48. The third-order valence-electron chi connectivity index (χ3n) is 4.27. The van der Waals surface area contributed by atoms with E-state index >= 15 is 0 Å². The van der Waals surface area contributed by atoms with Gasteiger partial charge in [0.15, 0.2) is 5.60 Å². The SMILES string of the molecule is COc1ccc(O/C(=C\C(C)C)[C@]23CCCC[C@H]2O3)cc1. The van der Waals surface area contributed by atoms with Crippen molar-refractivity contribution in [1.82, 2.24) is 0 Å². The Kier molecular flexibility index (Phi) is 3.94. The molecule has 3 heteroatoms. The summed E-state index contributed by atoms with van der Waals surface area (Å²) in [6.45, 7) is 4.35. The molecule has 2 atom stereocenters. The summed E-state index contributed by atoms with van der Waals surface area (Å²) in [4.78, 5) is 0. The van der Waals surface area contributed by atoms with E-state index in [9.17, 15) is 0 Å². The molecule has 1 aromatic rings. The third kappa shape index (κ3) is 2.93. The van der Waals surface area contributed by atoms with Crippen LogP contribution in [0, 0.1) is 5.92 Å². The fourth-order valence-corrected chi connectivity index (χ4v) is 3.12. The first kappa shape index (κ1) is 14.5. The Morgan fingerprint density at radius 2 is 1.95 bits per heavy atom. The molecule has 0 N–H and O–H groups in total. The maximum Gasteiger partial charge on any atom is 0.152 e. The Morgan fingerprint density at radius 3 is 2.57 bits per heavy atom. The standard InChI is InChI=1S/C18H24O3/c1-13(2)12-17(18-11-5-4-6-16(18)21-18)20-15-9-7-14(19-3)8-10-15/h7-10,12-13,16H,4-6,11H2,1-3H3/b17-12-/t16-,18+/m1/s1. The summed E-state index contributed by atoms with van der Waals surface area (Å²) in [5.74, 6) is 3.12. The quantitative estimate of drug-likeness (QED) is 0.597. The van der Waals surface area contributed by atoms with Gasteiger partial charge in [0, 0.05) is 0 Å². The lowest BCUT2D eigenvalue weighted by molar-refractivity contribution is 0.244. The van der Waals surface area contributed by atoms with Crippen molar-refractivity contribution in [1.29, 1.82) is 0 Å². The van der Waals surface area contributed by atoms with E-state index in [4.69, 9.17) is 14.2 Å². The second kappa shape index (κ2) is 5.72. The van der Waals surface area contributed by atoms with Crippen LogP contribution in [0.25, 0.3) is 0 Å². The number of fused-ring (bicyclic) bond motifs is 1. The van der Waals surface area contributed by atoms with Crippen LogP contribution in [0.15, 0.2) is 36.1 Å². The highest BCUT2D eigenvalue weighted by Crippen LogP contribution is 2.53. The number of benzene rings is 1. The molecule has 0 radical (unpaired) electrons. The molecule has 1 heterocycles. The number of epoxide rings is 1. The van der Waals surface area contributed by atoms with E-state index in [0.29, 0.717) is 12.0 Å². The smallest absolute Gasteiger partial charge is 0.152 e. The summed E-state index contributed by atoms with van der Waals surface area (Å²) in [7, 11) is 1.67. The van der Waals surface area contributed by atoms with Crippen molar-refractivity contribution in [3.63, 3.8) is 0 Å². The second-order valence-electron chi connectivity index (χ2n) is 6.29. The van der Waals surface area contributed by atoms with Crippen LogP contribution >= 0.6 is 0 Å². The zero-order chi connectivity index (χ0) is 14.9. The Morgan fingerprint density at radius 1 is 1.24 bits per heavy atom. The summed E-state index contributed by atoms with van der Waals surface area (Å²) in [5, 5.41) is 0. The monoisotopic (exact) mass is 288 g/mol. The van der Waals surface area contributed by atoms with Crippen molar-refractivity contribution in [2.45, 2.75) is 51.2 Å². The molecule has 2 fully saturated rings. The molecule has 2 aliphatic rings. The van der Waals surface area contributed by atoms with Crippen molar-refractivity contribution in [3.8, 4) is 11.5 Å². The molecule has 1 aromatic carbocycles. The first-order valence-corrected chi connectivity index (χ1v) is 7.86. The Labute approximate surface area is 126 Å². The van der Waals surface area contributed by atoms with Gasteiger partial charge in [0.25, 0.3) is 0 Å². The maximum atomic E-state index is 6.19. The molecule has 0 amide bonds. The Bertz CT molecular complexity index is 518. The molecular weight excluding hydrogens is 264 g/mol. The molecule has 3 nitrogen and oxygen atoms in total. The van der Waals surface area contributed by atoms with Crippen LogP contribution in [0.1, 0.15) is 39.5 Å². The lowest BCUT2D eigenvalue weighted by Gasteiger charge is -2.22. The Balaban J connectivity index is 1.80. The van der Waals surface area contributed by atoms with Gasteiger partial charge >= 0.3 is 0 Å². The minimum absolute atomic E-state index is 0.150. The van der Waals surface area contributed by atoms with Crippen molar-refractivity contribution < 1.29 is 14.2 Å². The van der Waals surface area contributed by atoms with Gasteiger partial charge in [-0.1, -0.05) is 20.3 Å². The van der Waals surface area contributed by atoms with Crippen LogP contribution in [-0.2, 0) is 4.74 Å².